The fourth-order valence-corrected chi connectivity index (χ4v) is 6.79. The zero-order valence-corrected chi connectivity index (χ0v) is 18.9. The Morgan fingerprint density at radius 3 is 2.12 bits per heavy atom. The van der Waals surface area contributed by atoms with Gasteiger partial charge in [0, 0.05) is 17.4 Å². The lowest BCUT2D eigenvalue weighted by molar-refractivity contribution is -0.171. The second kappa shape index (κ2) is 7.98. The molecule has 170 valence electrons. The minimum absolute atomic E-state index is 0.129. The molecule has 3 aliphatic carbocycles. The Hall–Kier alpha value is -3.21. The van der Waals surface area contributed by atoms with Gasteiger partial charge in [-0.25, -0.2) is 0 Å². The van der Waals surface area contributed by atoms with E-state index in [1.165, 1.54) is 14.2 Å². The summed E-state index contributed by atoms with van der Waals surface area (Å²) in [6, 6.07) is 18.7. The molecule has 5 heteroatoms. The molecule has 2 aromatic rings. The first-order chi connectivity index (χ1) is 16.0. The summed E-state index contributed by atoms with van der Waals surface area (Å²) in [6.07, 6.45) is 6.32. The Balaban J connectivity index is 1.73. The molecule has 5 rings (SSSR count). The topological polar surface area (TPSA) is 69.7 Å². The molecule has 0 aliphatic heterocycles. The van der Waals surface area contributed by atoms with Crippen LogP contribution in [0.15, 0.2) is 72.8 Å². The summed E-state index contributed by atoms with van der Waals surface area (Å²) in [5.74, 6) is -2.97. The van der Waals surface area contributed by atoms with E-state index in [0.717, 1.165) is 18.4 Å². The number of esters is 2. The summed E-state index contributed by atoms with van der Waals surface area (Å²) < 4.78 is 10.7. The predicted octanol–water partition coefficient (Wildman–Crippen LogP) is 4.27. The Morgan fingerprint density at radius 1 is 0.909 bits per heavy atom. The third-order valence-electron chi connectivity index (χ3n) is 8.24. The highest BCUT2D eigenvalue weighted by Crippen LogP contribution is 2.78. The summed E-state index contributed by atoms with van der Waals surface area (Å²) >= 11 is 0. The molecule has 1 spiro atoms. The summed E-state index contributed by atoms with van der Waals surface area (Å²) in [5.41, 5.74) is -0.0170. The number of allylic oxidation sites excluding steroid dienone is 2. The molecular weight excluding hydrogens is 416 g/mol. The van der Waals surface area contributed by atoms with Crippen molar-refractivity contribution in [3.63, 3.8) is 0 Å². The van der Waals surface area contributed by atoms with Crippen LogP contribution in [0.25, 0.3) is 0 Å². The monoisotopic (exact) mass is 444 g/mol. The van der Waals surface area contributed by atoms with Gasteiger partial charge in [-0.3, -0.25) is 14.4 Å². The molecule has 5 atom stereocenters. The van der Waals surface area contributed by atoms with Crippen LogP contribution in [0.3, 0.4) is 0 Å². The van der Waals surface area contributed by atoms with E-state index in [0.29, 0.717) is 12.0 Å². The standard InChI is InChI=1S/C28H28O5/c1-32-25(30)23-20-13-14-22(27(20)15-16-27)28(23,26(31)33-2)21(17-18-9-5-3-6-10-18)24(29)19-11-7-4-8-12-19/h3-14,20-23H,15-17H2,1-2H3/t20-,21+,22-,23-,28+/m1/s1. The lowest BCUT2D eigenvalue weighted by atomic mass is 9.57. The van der Waals surface area contributed by atoms with Gasteiger partial charge in [-0.15, -0.1) is 0 Å². The highest BCUT2D eigenvalue weighted by molar-refractivity contribution is 6.03. The van der Waals surface area contributed by atoms with Crippen molar-refractivity contribution in [3.8, 4) is 0 Å². The van der Waals surface area contributed by atoms with Crippen LogP contribution in [0.1, 0.15) is 28.8 Å². The van der Waals surface area contributed by atoms with Crippen LogP contribution >= 0.6 is 0 Å². The predicted molar refractivity (Wildman–Crippen MR) is 122 cm³/mol. The van der Waals surface area contributed by atoms with Crippen molar-refractivity contribution in [3.05, 3.63) is 83.9 Å². The van der Waals surface area contributed by atoms with E-state index in [4.69, 9.17) is 9.47 Å². The van der Waals surface area contributed by atoms with Crippen LogP contribution in [-0.2, 0) is 25.5 Å². The molecule has 2 saturated carbocycles. The molecule has 2 aromatic carbocycles. The Labute approximate surface area is 193 Å². The van der Waals surface area contributed by atoms with Crippen molar-refractivity contribution >= 4 is 17.7 Å². The number of ketones is 1. The molecule has 0 radical (unpaired) electrons. The van der Waals surface area contributed by atoms with E-state index in [1.807, 2.05) is 48.5 Å². The first-order valence-corrected chi connectivity index (χ1v) is 11.5. The van der Waals surface area contributed by atoms with Gasteiger partial charge in [0.05, 0.1) is 25.6 Å². The molecular formula is C28H28O5. The smallest absolute Gasteiger partial charge is 0.314 e. The zero-order valence-electron chi connectivity index (χ0n) is 18.9. The van der Waals surface area contributed by atoms with Gasteiger partial charge in [-0.05, 0) is 36.2 Å². The Kier molecular flexibility index (Phi) is 5.23. The summed E-state index contributed by atoms with van der Waals surface area (Å²) in [7, 11) is 2.70. The van der Waals surface area contributed by atoms with E-state index >= 15 is 0 Å². The van der Waals surface area contributed by atoms with Crippen molar-refractivity contribution in [1.29, 1.82) is 0 Å². The maximum atomic E-state index is 14.1. The molecule has 33 heavy (non-hydrogen) atoms. The molecule has 0 heterocycles. The van der Waals surface area contributed by atoms with Crippen LogP contribution in [0.5, 0.6) is 0 Å². The van der Waals surface area contributed by atoms with Crippen LogP contribution < -0.4 is 0 Å². The number of hydrogen-bond donors (Lipinski definition) is 0. The maximum absolute atomic E-state index is 14.1. The molecule has 0 N–H and O–H groups in total. The van der Waals surface area contributed by atoms with E-state index in [2.05, 4.69) is 12.2 Å². The first kappa shape index (κ1) is 21.6. The third-order valence-corrected chi connectivity index (χ3v) is 8.24. The molecule has 0 saturated heterocycles. The van der Waals surface area contributed by atoms with Crippen molar-refractivity contribution in [2.75, 3.05) is 14.2 Å². The largest absolute Gasteiger partial charge is 0.469 e. The molecule has 5 nitrogen and oxygen atoms in total. The number of hydrogen-bond acceptors (Lipinski definition) is 5. The average molecular weight is 445 g/mol. The summed E-state index contributed by atoms with van der Waals surface area (Å²) in [5, 5.41) is 0. The second-order valence-electron chi connectivity index (χ2n) is 9.52. The number of carbonyl (C=O) groups excluding carboxylic acids is 3. The lowest BCUT2D eigenvalue weighted by Crippen LogP contribution is -2.54. The van der Waals surface area contributed by atoms with E-state index in [9.17, 15) is 14.4 Å². The van der Waals surface area contributed by atoms with Gasteiger partial charge >= 0.3 is 11.9 Å². The quantitative estimate of drug-likeness (QED) is 0.362. The fraction of sp³-hybridized carbons (Fsp3) is 0.393. The highest BCUT2D eigenvalue weighted by Gasteiger charge is 2.79. The van der Waals surface area contributed by atoms with Gasteiger partial charge in [0.25, 0.3) is 0 Å². The van der Waals surface area contributed by atoms with Crippen LogP contribution in [0.2, 0.25) is 0 Å². The van der Waals surface area contributed by atoms with E-state index < -0.39 is 29.2 Å². The summed E-state index contributed by atoms with van der Waals surface area (Å²) in [6.45, 7) is 0. The van der Waals surface area contributed by atoms with Gasteiger partial charge in [-0.1, -0.05) is 72.8 Å². The van der Waals surface area contributed by atoms with Crippen molar-refractivity contribution in [1.82, 2.24) is 0 Å². The number of ether oxygens (including phenoxy) is 2. The van der Waals surface area contributed by atoms with Gasteiger partial charge in [0.1, 0.15) is 0 Å². The molecule has 2 bridgehead atoms. The third kappa shape index (κ3) is 3.01. The second-order valence-corrected chi connectivity index (χ2v) is 9.52. The number of methoxy groups -OCH3 is 2. The molecule has 0 aromatic heterocycles. The molecule has 3 aliphatic rings. The Bertz CT molecular complexity index is 1100. The van der Waals surface area contributed by atoms with Crippen molar-refractivity contribution in [2.45, 2.75) is 19.3 Å². The van der Waals surface area contributed by atoms with Gasteiger partial charge in [-0.2, -0.15) is 0 Å². The van der Waals surface area contributed by atoms with Crippen LogP contribution in [0.4, 0.5) is 0 Å². The first-order valence-electron chi connectivity index (χ1n) is 11.5. The van der Waals surface area contributed by atoms with Gasteiger partial charge < -0.3 is 9.47 Å². The SMILES string of the molecule is COC(=O)[C@H]1[C@H]2C=C[C@H](C23CC3)[C@@]1(C(=O)OC)[C@@H](Cc1ccccc1)C(=O)c1ccccc1. The minimum Gasteiger partial charge on any atom is -0.469 e. The van der Waals surface area contributed by atoms with Gasteiger partial charge in [0.15, 0.2) is 5.78 Å². The normalized spacial score (nSPS) is 29.0. The number of Topliss-reactive ketones (excluding diaryl/α,β-unsaturated/α-hetero) is 1. The average Bonchev–Trinajstić information content (AvgIpc) is 3.54. The highest BCUT2D eigenvalue weighted by atomic mass is 16.5. The van der Waals surface area contributed by atoms with Crippen molar-refractivity contribution < 1.29 is 23.9 Å². The summed E-state index contributed by atoms with van der Waals surface area (Å²) in [4.78, 5) is 41.3. The molecule has 0 amide bonds. The number of rotatable bonds is 7. The zero-order chi connectivity index (χ0) is 23.2. The Morgan fingerprint density at radius 2 is 1.55 bits per heavy atom. The van der Waals surface area contributed by atoms with Crippen molar-refractivity contribution in [2.24, 2.45) is 34.5 Å². The molecule has 2 fully saturated rings. The maximum Gasteiger partial charge on any atom is 0.314 e. The minimum atomic E-state index is -1.32. The number of carbonyl (C=O) groups is 3. The van der Waals surface area contributed by atoms with Crippen LogP contribution in [-0.4, -0.2) is 31.9 Å². The lowest BCUT2D eigenvalue weighted by Gasteiger charge is -2.43. The molecule has 0 unspecified atom stereocenters. The van der Waals surface area contributed by atoms with E-state index in [-0.39, 0.29) is 23.0 Å². The number of benzene rings is 2. The fourth-order valence-electron chi connectivity index (χ4n) is 6.79. The van der Waals surface area contributed by atoms with Gasteiger partial charge in [0.2, 0.25) is 0 Å². The van der Waals surface area contributed by atoms with Crippen LogP contribution in [0, 0.1) is 34.5 Å². The van der Waals surface area contributed by atoms with E-state index in [1.54, 1.807) is 12.1 Å².